The van der Waals surface area contributed by atoms with Crippen molar-refractivity contribution in [3.63, 3.8) is 0 Å². The number of carbonyl (C=O) groups is 2. The van der Waals surface area contributed by atoms with E-state index in [4.69, 9.17) is 12.2 Å². The highest BCUT2D eigenvalue weighted by atomic mass is 32.1. The van der Waals surface area contributed by atoms with Crippen LogP contribution < -0.4 is 15.1 Å². The Morgan fingerprint density at radius 3 is 2.15 bits per heavy atom. The number of nitrogens with one attached hydrogen (secondary N) is 1. The summed E-state index contributed by atoms with van der Waals surface area (Å²) in [5.74, 6) is -0.920. The summed E-state index contributed by atoms with van der Waals surface area (Å²) in [7, 11) is 0. The van der Waals surface area contributed by atoms with Gasteiger partial charge >= 0.3 is 0 Å². The van der Waals surface area contributed by atoms with E-state index >= 15 is 0 Å². The van der Waals surface area contributed by atoms with E-state index in [-0.39, 0.29) is 24.1 Å². The number of carbonyl (C=O) groups excluding carboxylic acids is 2. The van der Waals surface area contributed by atoms with Crippen molar-refractivity contribution in [3.05, 3.63) is 90.7 Å². The van der Waals surface area contributed by atoms with Gasteiger partial charge in [0.2, 0.25) is 5.91 Å². The van der Waals surface area contributed by atoms with Gasteiger partial charge in [-0.05, 0) is 73.7 Å². The van der Waals surface area contributed by atoms with Gasteiger partial charge in [0.05, 0.1) is 12.1 Å². The molecule has 2 heterocycles. The summed E-state index contributed by atoms with van der Waals surface area (Å²) in [5.41, 5.74) is 2.42. The number of hydrogen-bond donors (Lipinski definition) is 1. The monoisotopic (exact) mass is 545 g/mol. The summed E-state index contributed by atoms with van der Waals surface area (Å²) in [6, 6.07) is 24.6. The molecule has 5 rings (SSSR count). The Labute approximate surface area is 233 Å². The molecule has 3 aromatic rings. The number of anilines is 3. The van der Waals surface area contributed by atoms with Crippen molar-refractivity contribution in [2.45, 2.75) is 18.9 Å². The first kappa shape index (κ1) is 26.8. The molecule has 3 aromatic carbocycles. The largest absolute Gasteiger partial charge is 0.369 e. The molecule has 9 heteroatoms. The Hall–Kier alpha value is -3.82. The first-order valence-electron chi connectivity index (χ1n) is 13.3. The molecule has 0 aliphatic carbocycles. The molecular weight excluding hydrogens is 513 g/mol. The van der Waals surface area contributed by atoms with E-state index in [0.717, 1.165) is 39.1 Å². The third kappa shape index (κ3) is 6.43. The highest BCUT2D eigenvalue weighted by Gasteiger charge is 2.43. The minimum atomic E-state index is -0.721. The van der Waals surface area contributed by atoms with Crippen molar-refractivity contribution in [2.24, 2.45) is 0 Å². The highest BCUT2D eigenvalue weighted by molar-refractivity contribution is 7.80. The molecular formula is C30H32FN5O2S. The van der Waals surface area contributed by atoms with E-state index in [1.54, 1.807) is 12.1 Å². The van der Waals surface area contributed by atoms with Gasteiger partial charge in [-0.1, -0.05) is 36.4 Å². The van der Waals surface area contributed by atoms with Gasteiger partial charge in [-0.25, -0.2) is 4.39 Å². The first-order chi connectivity index (χ1) is 19.0. The van der Waals surface area contributed by atoms with Crippen molar-refractivity contribution in [1.82, 2.24) is 9.80 Å². The SMILES string of the molecule is O=C(CC1C(=O)N(c2ccc(F)cc2)C(=S)N1CCCN1CCN(c2ccccc2)CC1)Nc1ccccc1. The zero-order valence-electron chi connectivity index (χ0n) is 21.7. The minimum Gasteiger partial charge on any atom is -0.369 e. The van der Waals surface area contributed by atoms with E-state index in [9.17, 15) is 14.0 Å². The van der Waals surface area contributed by atoms with Crippen molar-refractivity contribution < 1.29 is 14.0 Å². The summed E-state index contributed by atoms with van der Waals surface area (Å²) in [6.45, 7) is 5.27. The van der Waals surface area contributed by atoms with Crippen LogP contribution in [0.2, 0.25) is 0 Å². The molecule has 1 atom stereocenters. The Kier molecular flexibility index (Phi) is 8.48. The lowest BCUT2D eigenvalue weighted by atomic mass is 10.1. The Bertz CT molecular complexity index is 1280. The van der Waals surface area contributed by atoms with Gasteiger partial charge in [-0.2, -0.15) is 0 Å². The molecule has 39 heavy (non-hydrogen) atoms. The molecule has 0 bridgehead atoms. The summed E-state index contributed by atoms with van der Waals surface area (Å²) < 4.78 is 13.6. The average Bonchev–Trinajstić information content (AvgIpc) is 3.19. The smallest absolute Gasteiger partial charge is 0.256 e. The maximum absolute atomic E-state index is 13.6. The molecule has 1 N–H and O–H groups in total. The van der Waals surface area contributed by atoms with Crippen molar-refractivity contribution in [3.8, 4) is 0 Å². The molecule has 2 aliphatic heterocycles. The van der Waals surface area contributed by atoms with Crippen LogP contribution in [-0.4, -0.2) is 72.0 Å². The maximum atomic E-state index is 13.6. The zero-order chi connectivity index (χ0) is 27.2. The minimum absolute atomic E-state index is 0.0265. The van der Waals surface area contributed by atoms with Crippen LogP contribution in [0.1, 0.15) is 12.8 Å². The molecule has 0 radical (unpaired) electrons. The van der Waals surface area contributed by atoms with Crippen LogP contribution in [0.25, 0.3) is 0 Å². The number of nitrogens with zero attached hydrogens (tertiary/aromatic N) is 4. The third-order valence-electron chi connectivity index (χ3n) is 7.21. The van der Waals surface area contributed by atoms with Crippen LogP contribution in [0.4, 0.5) is 21.5 Å². The number of thiocarbonyl (C=S) groups is 1. The van der Waals surface area contributed by atoms with Gasteiger partial charge in [-0.15, -0.1) is 0 Å². The topological polar surface area (TPSA) is 59.1 Å². The third-order valence-corrected chi connectivity index (χ3v) is 7.62. The van der Waals surface area contributed by atoms with Crippen LogP contribution in [0.15, 0.2) is 84.9 Å². The summed E-state index contributed by atoms with van der Waals surface area (Å²) >= 11 is 5.74. The molecule has 2 amide bonds. The number of para-hydroxylation sites is 2. The van der Waals surface area contributed by atoms with Crippen LogP contribution in [0, 0.1) is 5.82 Å². The van der Waals surface area contributed by atoms with Gasteiger partial charge in [0.25, 0.3) is 5.91 Å². The van der Waals surface area contributed by atoms with Crippen LogP contribution in [0.3, 0.4) is 0 Å². The molecule has 0 aromatic heterocycles. The molecule has 0 saturated carbocycles. The molecule has 2 fully saturated rings. The fourth-order valence-electron chi connectivity index (χ4n) is 5.16. The number of piperazine rings is 1. The van der Waals surface area contributed by atoms with E-state index < -0.39 is 6.04 Å². The number of amides is 2. The molecule has 2 saturated heterocycles. The van der Waals surface area contributed by atoms with Gasteiger partial charge in [0.15, 0.2) is 5.11 Å². The van der Waals surface area contributed by atoms with Crippen LogP contribution >= 0.6 is 12.2 Å². The summed E-state index contributed by atoms with van der Waals surface area (Å²) in [6.07, 6.45) is 0.772. The van der Waals surface area contributed by atoms with Gasteiger partial charge in [0, 0.05) is 44.1 Å². The predicted molar refractivity (Wildman–Crippen MR) is 156 cm³/mol. The molecule has 2 aliphatic rings. The van der Waals surface area contributed by atoms with Crippen molar-refractivity contribution in [2.75, 3.05) is 54.4 Å². The summed E-state index contributed by atoms with van der Waals surface area (Å²) in [4.78, 5) is 34.5. The number of halogens is 1. The Balaban J connectivity index is 1.22. The zero-order valence-corrected chi connectivity index (χ0v) is 22.5. The van der Waals surface area contributed by atoms with Gasteiger partial charge < -0.3 is 15.1 Å². The molecule has 7 nitrogen and oxygen atoms in total. The second-order valence-electron chi connectivity index (χ2n) is 9.78. The van der Waals surface area contributed by atoms with Crippen molar-refractivity contribution in [1.29, 1.82) is 0 Å². The average molecular weight is 546 g/mol. The lowest BCUT2D eigenvalue weighted by Gasteiger charge is -2.36. The lowest BCUT2D eigenvalue weighted by Crippen LogP contribution is -2.47. The second kappa shape index (κ2) is 12.4. The molecule has 202 valence electrons. The van der Waals surface area contributed by atoms with E-state index in [0.29, 0.717) is 23.0 Å². The highest BCUT2D eigenvalue weighted by Crippen LogP contribution is 2.28. The first-order valence-corrected chi connectivity index (χ1v) is 13.7. The second-order valence-corrected chi connectivity index (χ2v) is 10.1. The maximum Gasteiger partial charge on any atom is 0.256 e. The van der Waals surface area contributed by atoms with E-state index in [2.05, 4.69) is 39.4 Å². The van der Waals surface area contributed by atoms with E-state index in [1.165, 1.54) is 34.9 Å². The number of benzene rings is 3. The van der Waals surface area contributed by atoms with E-state index in [1.807, 2.05) is 29.2 Å². The quantitative estimate of drug-likeness (QED) is 0.403. The fraction of sp³-hybridized carbons (Fsp3) is 0.300. The Morgan fingerprint density at radius 1 is 0.846 bits per heavy atom. The summed E-state index contributed by atoms with van der Waals surface area (Å²) in [5, 5.41) is 3.22. The Morgan fingerprint density at radius 2 is 1.49 bits per heavy atom. The molecule has 0 spiro atoms. The van der Waals surface area contributed by atoms with Crippen molar-refractivity contribution >= 4 is 46.2 Å². The lowest BCUT2D eigenvalue weighted by molar-refractivity contribution is -0.124. The predicted octanol–water partition coefficient (Wildman–Crippen LogP) is 4.37. The van der Waals surface area contributed by atoms with Gasteiger partial charge in [-0.3, -0.25) is 19.4 Å². The van der Waals surface area contributed by atoms with Gasteiger partial charge in [0.1, 0.15) is 11.9 Å². The van der Waals surface area contributed by atoms with Crippen LogP contribution in [0.5, 0.6) is 0 Å². The number of hydrogen-bond acceptors (Lipinski definition) is 5. The number of rotatable bonds is 9. The standard InChI is InChI=1S/C30H32FN5O2S/c31-23-12-14-26(15-13-23)36-29(38)27(22-28(37)32-24-8-3-1-4-9-24)35(30(36)39)17-7-16-33-18-20-34(21-19-33)25-10-5-2-6-11-25/h1-6,8-15,27H,7,16-22H2,(H,32,37). The molecule has 1 unspecified atom stereocenters. The fourth-order valence-corrected chi connectivity index (χ4v) is 5.57. The normalized spacial score (nSPS) is 18.1. The van der Waals surface area contributed by atoms with Crippen LogP contribution in [-0.2, 0) is 9.59 Å².